The first kappa shape index (κ1) is 19.0. The summed E-state index contributed by atoms with van der Waals surface area (Å²) in [7, 11) is -3.94. The summed E-state index contributed by atoms with van der Waals surface area (Å²) in [5.74, 6) is -0.400. The molecule has 0 saturated carbocycles. The van der Waals surface area contributed by atoms with Gasteiger partial charge in [0.05, 0.1) is 13.2 Å². The van der Waals surface area contributed by atoms with Gasteiger partial charge in [0.1, 0.15) is 16.2 Å². The van der Waals surface area contributed by atoms with Crippen molar-refractivity contribution in [2.24, 2.45) is 0 Å². The van der Waals surface area contributed by atoms with E-state index in [0.29, 0.717) is 41.7 Å². The molecule has 1 aliphatic rings. The largest absolute Gasteiger partial charge is 0.449 e. The van der Waals surface area contributed by atoms with Crippen molar-refractivity contribution in [2.45, 2.75) is 4.90 Å². The summed E-state index contributed by atoms with van der Waals surface area (Å²) in [5, 5.41) is 0.523. The molecule has 2 aromatic carbocycles. The number of carbonyl (C=O) groups excluding carboxylic acids is 1. The van der Waals surface area contributed by atoms with Crippen molar-refractivity contribution in [2.75, 3.05) is 31.0 Å². The van der Waals surface area contributed by atoms with E-state index in [0.717, 1.165) is 0 Å². The average molecular weight is 465 g/mol. The van der Waals surface area contributed by atoms with Crippen molar-refractivity contribution in [1.29, 1.82) is 0 Å². The third-order valence-corrected chi connectivity index (χ3v) is 6.81. The van der Waals surface area contributed by atoms with E-state index in [1.165, 1.54) is 6.07 Å². The number of morpholine rings is 1. The van der Waals surface area contributed by atoms with Crippen LogP contribution in [0.1, 0.15) is 10.6 Å². The highest BCUT2D eigenvalue weighted by molar-refractivity contribution is 9.10. The second-order valence-electron chi connectivity index (χ2n) is 6.24. The lowest BCUT2D eigenvalue weighted by atomic mass is 10.2. The Morgan fingerprint density at radius 1 is 1.04 bits per heavy atom. The van der Waals surface area contributed by atoms with E-state index >= 15 is 0 Å². The second-order valence-corrected chi connectivity index (χ2v) is 8.75. The molecule has 28 heavy (non-hydrogen) atoms. The number of hydrogen-bond acceptors (Lipinski definition) is 5. The number of ether oxygens (including phenoxy) is 1. The molecule has 1 aliphatic heterocycles. The number of para-hydroxylation sites is 1. The molecule has 1 aromatic heterocycles. The number of amides is 1. The molecule has 146 valence electrons. The van der Waals surface area contributed by atoms with E-state index in [9.17, 15) is 13.2 Å². The Balaban J connectivity index is 1.79. The lowest BCUT2D eigenvalue weighted by Gasteiger charge is -2.26. The number of fused-ring (bicyclic) bond motifs is 1. The van der Waals surface area contributed by atoms with Crippen LogP contribution in [0.5, 0.6) is 0 Å². The van der Waals surface area contributed by atoms with Gasteiger partial charge in [0, 0.05) is 22.9 Å². The number of benzene rings is 2. The fourth-order valence-electron chi connectivity index (χ4n) is 3.06. The molecular formula is C19H17BrN2O5S. The summed E-state index contributed by atoms with van der Waals surface area (Å²) < 4.78 is 40.0. The van der Waals surface area contributed by atoms with Crippen molar-refractivity contribution in [1.82, 2.24) is 4.90 Å². The number of hydrogen-bond donors (Lipinski definition) is 1. The minimum atomic E-state index is -3.94. The molecule has 4 rings (SSSR count). The van der Waals surface area contributed by atoms with Crippen molar-refractivity contribution in [3.8, 4) is 0 Å². The number of halogens is 1. The highest BCUT2D eigenvalue weighted by Gasteiger charge is 2.29. The van der Waals surface area contributed by atoms with Crippen LogP contribution in [0.3, 0.4) is 0 Å². The van der Waals surface area contributed by atoms with Gasteiger partial charge in [-0.2, -0.15) is 0 Å². The van der Waals surface area contributed by atoms with E-state index in [1.807, 2.05) is 0 Å². The number of rotatable bonds is 4. The van der Waals surface area contributed by atoms with Crippen molar-refractivity contribution < 1.29 is 22.4 Å². The Kier molecular flexibility index (Phi) is 5.13. The molecule has 1 saturated heterocycles. The normalized spacial score (nSPS) is 15.0. The maximum absolute atomic E-state index is 13.0. The van der Waals surface area contributed by atoms with Crippen LogP contribution < -0.4 is 4.72 Å². The third-order valence-electron chi connectivity index (χ3n) is 4.45. The molecule has 9 heteroatoms. The van der Waals surface area contributed by atoms with Gasteiger partial charge >= 0.3 is 0 Å². The van der Waals surface area contributed by atoms with Crippen molar-refractivity contribution in [3.05, 3.63) is 58.8 Å². The molecule has 0 radical (unpaired) electrons. The van der Waals surface area contributed by atoms with Gasteiger partial charge in [-0.25, -0.2) is 8.42 Å². The molecule has 1 fully saturated rings. The topological polar surface area (TPSA) is 88.8 Å². The molecule has 0 unspecified atom stereocenters. The predicted molar refractivity (Wildman–Crippen MR) is 108 cm³/mol. The zero-order valence-corrected chi connectivity index (χ0v) is 17.1. The summed E-state index contributed by atoms with van der Waals surface area (Å²) in [6.45, 7) is 1.71. The van der Waals surface area contributed by atoms with Crippen LogP contribution in [0.25, 0.3) is 11.0 Å². The summed E-state index contributed by atoms with van der Waals surface area (Å²) in [4.78, 5) is 14.7. The third kappa shape index (κ3) is 3.52. The number of furan rings is 1. The van der Waals surface area contributed by atoms with E-state index in [-0.39, 0.29) is 22.3 Å². The van der Waals surface area contributed by atoms with E-state index in [1.54, 1.807) is 47.4 Å². The zero-order valence-electron chi connectivity index (χ0n) is 14.7. The molecular weight excluding hydrogens is 448 g/mol. The summed E-state index contributed by atoms with van der Waals surface area (Å²) >= 11 is 3.26. The number of anilines is 1. The minimum absolute atomic E-state index is 0.0290. The lowest BCUT2D eigenvalue weighted by Crippen LogP contribution is -2.40. The van der Waals surface area contributed by atoms with Gasteiger partial charge in [-0.1, -0.05) is 24.3 Å². The van der Waals surface area contributed by atoms with Crippen LogP contribution in [0, 0.1) is 0 Å². The molecule has 7 nitrogen and oxygen atoms in total. The van der Waals surface area contributed by atoms with Crippen LogP contribution in [0.2, 0.25) is 0 Å². The Bertz CT molecular complexity index is 1140. The van der Waals surface area contributed by atoms with Crippen molar-refractivity contribution >= 4 is 48.5 Å². The van der Waals surface area contributed by atoms with Gasteiger partial charge in [0.25, 0.3) is 15.9 Å². The Morgan fingerprint density at radius 2 is 1.71 bits per heavy atom. The Hall–Kier alpha value is -2.36. The average Bonchev–Trinajstić information content (AvgIpc) is 3.06. The molecule has 1 amide bonds. The van der Waals surface area contributed by atoms with Crippen molar-refractivity contribution in [3.63, 3.8) is 0 Å². The molecule has 0 bridgehead atoms. The van der Waals surface area contributed by atoms with Gasteiger partial charge in [0.2, 0.25) is 5.76 Å². The monoisotopic (exact) mass is 464 g/mol. The maximum Gasteiger partial charge on any atom is 0.291 e. The van der Waals surface area contributed by atoms with Gasteiger partial charge in [-0.15, -0.1) is 0 Å². The number of sulfonamides is 1. The number of nitrogens with zero attached hydrogens (tertiary/aromatic N) is 1. The molecule has 0 spiro atoms. The van der Waals surface area contributed by atoms with Crippen LogP contribution in [0.4, 0.5) is 5.69 Å². The fourth-order valence-corrected chi connectivity index (χ4v) is 5.15. The summed E-state index contributed by atoms with van der Waals surface area (Å²) in [6.07, 6.45) is 0. The second kappa shape index (κ2) is 7.57. The quantitative estimate of drug-likeness (QED) is 0.638. The highest BCUT2D eigenvalue weighted by Crippen LogP contribution is 2.34. The highest BCUT2D eigenvalue weighted by atomic mass is 79.9. The first-order valence-electron chi connectivity index (χ1n) is 8.63. The van der Waals surface area contributed by atoms with Gasteiger partial charge in [-0.05, 0) is 40.2 Å². The molecule has 0 aliphatic carbocycles. The minimum Gasteiger partial charge on any atom is -0.449 e. The maximum atomic E-state index is 13.0. The SMILES string of the molecule is O=C(c1oc2ccccc2c1NS(=O)(=O)c1ccccc1Br)N1CCOCC1. The smallest absolute Gasteiger partial charge is 0.291 e. The molecule has 3 aromatic rings. The number of nitrogens with one attached hydrogen (secondary N) is 1. The summed E-state index contributed by atoms with van der Waals surface area (Å²) in [6, 6.07) is 13.4. The Labute approximate surface area is 170 Å². The van der Waals surface area contributed by atoms with Crippen LogP contribution in [-0.2, 0) is 14.8 Å². The number of carbonyl (C=O) groups is 1. The standard InChI is InChI=1S/C19H17BrN2O5S/c20-14-6-2-4-8-16(14)28(24,25)21-17-13-5-1-3-7-15(13)27-18(17)19(23)22-9-11-26-12-10-22/h1-8,21H,9-12H2. The van der Waals surface area contributed by atoms with E-state index in [2.05, 4.69) is 20.7 Å². The predicted octanol–water partition coefficient (Wildman–Crippen LogP) is 3.47. The molecule has 2 heterocycles. The van der Waals surface area contributed by atoms with E-state index in [4.69, 9.17) is 9.15 Å². The van der Waals surface area contributed by atoms with Crippen LogP contribution >= 0.6 is 15.9 Å². The summed E-state index contributed by atoms with van der Waals surface area (Å²) in [5.41, 5.74) is 0.576. The fraction of sp³-hybridized carbons (Fsp3) is 0.211. The van der Waals surface area contributed by atoms with E-state index < -0.39 is 10.0 Å². The van der Waals surface area contributed by atoms with Gasteiger partial charge in [-0.3, -0.25) is 9.52 Å². The molecule has 0 atom stereocenters. The first-order valence-corrected chi connectivity index (χ1v) is 10.9. The Morgan fingerprint density at radius 3 is 2.46 bits per heavy atom. The lowest BCUT2D eigenvalue weighted by molar-refractivity contribution is 0.0285. The van der Waals surface area contributed by atoms with Crippen LogP contribution in [0.15, 0.2) is 62.3 Å². The van der Waals surface area contributed by atoms with Gasteiger partial charge < -0.3 is 14.1 Å². The zero-order chi connectivity index (χ0) is 19.7. The van der Waals surface area contributed by atoms with Gasteiger partial charge in [0.15, 0.2) is 0 Å². The van der Waals surface area contributed by atoms with Crippen LogP contribution in [-0.4, -0.2) is 45.5 Å². The first-order chi connectivity index (χ1) is 13.5. The molecule has 1 N–H and O–H groups in total.